The molecule has 0 aromatic carbocycles. The Kier molecular flexibility index (Phi) is 23.5. The minimum absolute atomic E-state index is 0.0115. The predicted octanol–water partition coefficient (Wildman–Crippen LogP) is 6.78. The summed E-state index contributed by atoms with van der Waals surface area (Å²) in [6, 6.07) is 0. The van der Waals surface area contributed by atoms with Gasteiger partial charge in [0.1, 0.15) is 19.8 Å². The van der Waals surface area contributed by atoms with E-state index in [4.69, 9.17) is 18.5 Å². The van der Waals surface area contributed by atoms with Gasteiger partial charge in [0.15, 0.2) is 6.10 Å². The third-order valence-corrected chi connectivity index (χ3v) is 6.31. The number of phosphoric acid groups is 1. The summed E-state index contributed by atoms with van der Waals surface area (Å²) in [5, 5.41) is 0. The van der Waals surface area contributed by atoms with Crippen molar-refractivity contribution in [2.45, 2.75) is 71.3 Å². The van der Waals surface area contributed by atoms with Crippen molar-refractivity contribution < 1.29 is 42.1 Å². The lowest BCUT2D eigenvalue weighted by Crippen LogP contribution is -2.37. The van der Waals surface area contributed by atoms with E-state index in [2.05, 4.69) is 67.7 Å². The van der Waals surface area contributed by atoms with Crippen LogP contribution >= 0.6 is 7.82 Å². The van der Waals surface area contributed by atoms with Gasteiger partial charge in [-0.3, -0.25) is 18.6 Å². The second-order valence-corrected chi connectivity index (χ2v) is 11.9. The summed E-state index contributed by atoms with van der Waals surface area (Å²) < 4.78 is 32.8. The van der Waals surface area contributed by atoms with Gasteiger partial charge in [-0.2, -0.15) is 0 Å². The van der Waals surface area contributed by atoms with E-state index in [0.717, 1.165) is 38.5 Å². The summed E-state index contributed by atoms with van der Waals surface area (Å²) in [5.74, 6) is -1.10. The van der Waals surface area contributed by atoms with Gasteiger partial charge in [-0.25, -0.2) is 4.57 Å². The molecule has 0 radical (unpaired) electrons. The normalized spacial score (nSPS) is 15.1. The lowest BCUT2D eigenvalue weighted by molar-refractivity contribution is -0.870. The molecule has 1 unspecified atom stereocenters. The highest BCUT2D eigenvalue weighted by atomic mass is 31.2. The van der Waals surface area contributed by atoms with Crippen molar-refractivity contribution in [2.24, 2.45) is 0 Å². The van der Waals surface area contributed by atoms with Crippen LogP contribution < -0.4 is 0 Å². The average molecular weight is 611 g/mol. The van der Waals surface area contributed by atoms with Gasteiger partial charge in [-0.15, -0.1) is 0 Å². The summed E-state index contributed by atoms with van der Waals surface area (Å²) in [4.78, 5) is 33.3. The van der Waals surface area contributed by atoms with Crippen LogP contribution in [0.2, 0.25) is 0 Å². The molecule has 0 heterocycles. The van der Waals surface area contributed by atoms with Crippen molar-refractivity contribution in [3.05, 3.63) is 72.9 Å². The van der Waals surface area contributed by atoms with Crippen LogP contribution in [0.5, 0.6) is 0 Å². The summed E-state index contributed by atoms with van der Waals surface area (Å²) >= 11 is 0. The Morgan fingerprint density at radius 3 is 1.69 bits per heavy atom. The largest absolute Gasteiger partial charge is 0.472 e. The third-order valence-electron chi connectivity index (χ3n) is 5.32. The predicted molar refractivity (Wildman–Crippen MR) is 169 cm³/mol. The number of hydrogen-bond donors (Lipinski definition) is 1. The van der Waals surface area contributed by atoms with Crippen LogP contribution in [-0.2, 0) is 32.7 Å². The molecule has 0 rings (SSSR count). The SMILES string of the molecule is CC/C=C\C/C=C\C/C=C\C/C=C\C/C=C\C/C=C\CCC(=O)O[C@H](COC(C)=O)COP(=O)(O)OCC[N+](C)(C)C. The topological polar surface area (TPSA) is 108 Å². The number of allylic oxidation sites excluding steroid dienone is 12. The molecule has 0 saturated carbocycles. The number of quaternary nitrogens is 1. The summed E-state index contributed by atoms with van der Waals surface area (Å²) in [5.41, 5.74) is 0. The maximum atomic E-state index is 12.2. The van der Waals surface area contributed by atoms with E-state index >= 15 is 0 Å². The zero-order valence-electron chi connectivity index (χ0n) is 26.2. The molecule has 0 aliphatic heterocycles. The zero-order valence-corrected chi connectivity index (χ0v) is 27.1. The number of ether oxygens (including phenoxy) is 2. The molecular formula is C32H53NO8P+. The second-order valence-electron chi connectivity index (χ2n) is 10.5. The van der Waals surface area contributed by atoms with Crippen molar-refractivity contribution in [2.75, 3.05) is 47.5 Å². The Bertz CT molecular complexity index is 960. The first-order chi connectivity index (χ1) is 19.9. The van der Waals surface area contributed by atoms with Gasteiger partial charge in [0, 0.05) is 13.3 Å². The fraction of sp³-hybridized carbons (Fsp3) is 0.562. The highest BCUT2D eigenvalue weighted by molar-refractivity contribution is 7.47. The van der Waals surface area contributed by atoms with Crippen LogP contribution in [0.15, 0.2) is 72.9 Å². The van der Waals surface area contributed by atoms with E-state index in [1.807, 2.05) is 33.3 Å². The smallest absolute Gasteiger partial charge is 0.462 e. The van der Waals surface area contributed by atoms with E-state index < -0.39 is 32.5 Å². The number of carbonyl (C=O) groups excluding carboxylic acids is 2. The Balaban J connectivity index is 4.23. The van der Waals surface area contributed by atoms with Gasteiger partial charge in [0.25, 0.3) is 0 Å². The highest BCUT2D eigenvalue weighted by Gasteiger charge is 2.26. The molecule has 0 aliphatic carbocycles. The fourth-order valence-corrected chi connectivity index (χ4v) is 3.80. The Morgan fingerprint density at radius 1 is 0.762 bits per heavy atom. The Labute approximate surface area is 253 Å². The minimum atomic E-state index is -4.35. The number of rotatable bonds is 24. The zero-order chi connectivity index (χ0) is 31.5. The molecule has 0 spiro atoms. The summed E-state index contributed by atoms with van der Waals surface area (Å²) in [6.45, 7) is 3.12. The molecule has 0 fully saturated rings. The molecule has 0 aromatic rings. The lowest BCUT2D eigenvalue weighted by Gasteiger charge is -2.24. The molecular weight excluding hydrogens is 557 g/mol. The van der Waals surface area contributed by atoms with Crippen molar-refractivity contribution >= 4 is 19.8 Å². The van der Waals surface area contributed by atoms with Crippen LogP contribution in [0.25, 0.3) is 0 Å². The fourth-order valence-electron chi connectivity index (χ4n) is 3.06. The number of likely N-dealkylation sites (N-methyl/N-ethyl adjacent to an activating group) is 1. The van der Waals surface area contributed by atoms with Crippen molar-refractivity contribution in [3.8, 4) is 0 Å². The molecule has 9 nitrogen and oxygen atoms in total. The van der Waals surface area contributed by atoms with Gasteiger partial charge < -0.3 is 18.9 Å². The molecule has 10 heteroatoms. The minimum Gasteiger partial charge on any atom is -0.462 e. The van der Waals surface area contributed by atoms with Gasteiger partial charge in [-0.05, 0) is 44.9 Å². The van der Waals surface area contributed by atoms with E-state index in [9.17, 15) is 19.0 Å². The third kappa shape index (κ3) is 29.0. The van der Waals surface area contributed by atoms with Crippen molar-refractivity contribution in [1.29, 1.82) is 0 Å². The van der Waals surface area contributed by atoms with Crippen LogP contribution in [0.3, 0.4) is 0 Å². The van der Waals surface area contributed by atoms with Crippen LogP contribution in [0.1, 0.15) is 65.2 Å². The highest BCUT2D eigenvalue weighted by Crippen LogP contribution is 2.43. The summed E-state index contributed by atoms with van der Waals surface area (Å²) in [7, 11) is 1.40. The van der Waals surface area contributed by atoms with Crippen molar-refractivity contribution in [3.63, 3.8) is 0 Å². The van der Waals surface area contributed by atoms with Gasteiger partial charge in [0.2, 0.25) is 0 Å². The average Bonchev–Trinajstić information content (AvgIpc) is 2.90. The van der Waals surface area contributed by atoms with Crippen LogP contribution in [-0.4, -0.2) is 74.9 Å². The molecule has 0 saturated heterocycles. The molecule has 238 valence electrons. The van der Waals surface area contributed by atoms with Crippen molar-refractivity contribution in [1.82, 2.24) is 0 Å². The maximum absolute atomic E-state index is 12.2. The number of phosphoric ester groups is 1. The molecule has 2 atom stereocenters. The standard InChI is InChI=1S/C32H52NO8P/c1-6-7-8-9-10-11-12-13-14-15-16-17-18-19-20-21-22-23-24-25-32(35)41-31(28-38-30(2)34)29-40-42(36,37)39-27-26-33(3,4)5/h7-8,10-11,13-14,16-17,19-20,22-23,31H,6,9,12,15,18,21,24-29H2,1-5H3/p+1/b8-7-,11-10-,14-13-,17-16-,20-19-,23-22-/t31-/m1/s1. The Morgan fingerprint density at radius 2 is 1.24 bits per heavy atom. The van der Waals surface area contributed by atoms with Gasteiger partial charge in [0.05, 0.1) is 27.7 Å². The summed E-state index contributed by atoms with van der Waals surface area (Å²) in [6.07, 6.45) is 30.5. The molecule has 0 amide bonds. The molecule has 0 aliphatic rings. The number of carbonyl (C=O) groups is 2. The van der Waals surface area contributed by atoms with E-state index in [-0.39, 0.29) is 19.6 Å². The first-order valence-corrected chi connectivity index (χ1v) is 16.1. The van der Waals surface area contributed by atoms with Crippen LogP contribution in [0, 0.1) is 0 Å². The number of esters is 2. The maximum Gasteiger partial charge on any atom is 0.472 e. The molecule has 1 N–H and O–H groups in total. The van der Waals surface area contributed by atoms with E-state index in [0.29, 0.717) is 17.4 Å². The first-order valence-electron chi connectivity index (χ1n) is 14.6. The first kappa shape index (κ1) is 39.5. The number of nitrogens with zero attached hydrogens (tertiary/aromatic N) is 1. The lowest BCUT2D eigenvalue weighted by atomic mass is 10.2. The van der Waals surface area contributed by atoms with E-state index in [1.54, 1.807) is 0 Å². The van der Waals surface area contributed by atoms with Crippen LogP contribution in [0.4, 0.5) is 0 Å². The van der Waals surface area contributed by atoms with E-state index in [1.165, 1.54) is 6.92 Å². The molecule has 42 heavy (non-hydrogen) atoms. The second kappa shape index (κ2) is 25.0. The Hall–Kier alpha value is -2.55. The monoisotopic (exact) mass is 610 g/mol. The van der Waals surface area contributed by atoms with Gasteiger partial charge >= 0.3 is 19.8 Å². The van der Waals surface area contributed by atoms with Gasteiger partial charge in [-0.1, -0.05) is 79.8 Å². The quantitative estimate of drug-likeness (QED) is 0.0552. The number of hydrogen-bond acceptors (Lipinski definition) is 7. The molecule has 0 bridgehead atoms. The molecule has 0 aromatic heterocycles.